The topological polar surface area (TPSA) is 51.8 Å². The normalized spacial score (nSPS) is 19.2. The Kier molecular flexibility index (Phi) is 4.02. The first-order valence-electron chi connectivity index (χ1n) is 9.20. The first-order valence-corrected chi connectivity index (χ1v) is 9.20. The summed E-state index contributed by atoms with van der Waals surface area (Å²) in [7, 11) is 0. The molecule has 0 fully saturated rings. The Labute approximate surface area is 153 Å². The highest BCUT2D eigenvalue weighted by molar-refractivity contribution is 6.14. The van der Waals surface area contributed by atoms with Crippen LogP contribution in [0.3, 0.4) is 0 Å². The molecule has 134 valence electrons. The molecule has 0 bridgehead atoms. The zero-order valence-corrected chi connectivity index (χ0v) is 15.8. The Bertz CT molecular complexity index is 1000. The summed E-state index contributed by atoms with van der Waals surface area (Å²) in [6.45, 7) is 8.36. The third-order valence-electron chi connectivity index (χ3n) is 4.87. The second kappa shape index (κ2) is 6.24. The molecule has 0 spiro atoms. The number of aliphatic imine (C=N–C) groups is 1. The fourth-order valence-electron chi connectivity index (χ4n) is 3.45. The summed E-state index contributed by atoms with van der Waals surface area (Å²) in [4.78, 5) is 9.58. The zero-order chi connectivity index (χ0) is 18.3. The molecule has 26 heavy (non-hydrogen) atoms. The van der Waals surface area contributed by atoms with Crippen molar-refractivity contribution < 1.29 is 4.74 Å². The molecule has 0 N–H and O–H groups in total. The molecule has 0 amide bonds. The van der Waals surface area contributed by atoms with Gasteiger partial charge in [0.05, 0.1) is 12.4 Å². The van der Waals surface area contributed by atoms with Crippen molar-refractivity contribution in [3.8, 4) is 5.75 Å². The average molecular weight is 348 g/mol. The molecule has 1 aliphatic heterocycles. The van der Waals surface area contributed by atoms with Crippen molar-refractivity contribution in [2.24, 2.45) is 4.99 Å². The lowest BCUT2D eigenvalue weighted by Gasteiger charge is -2.34. The van der Waals surface area contributed by atoms with Crippen molar-refractivity contribution in [1.29, 1.82) is 0 Å². The van der Waals surface area contributed by atoms with Gasteiger partial charge < -0.3 is 4.74 Å². The molecule has 1 atom stereocenters. The van der Waals surface area contributed by atoms with Gasteiger partial charge in [-0.2, -0.15) is 5.10 Å². The smallest absolute Gasteiger partial charge is 0.198 e. The molecule has 1 unspecified atom stereocenters. The van der Waals surface area contributed by atoms with Gasteiger partial charge >= 0.3 is 0 Å². The SMILES string of the molecule is CCCCC1(C)N=C(c2cnc3cc(C)cnn23)c2cccc(C)c2O1. The maximum Gasteiger partial charge on any atom is 0.198 e. The number of fused-ring (bicyclic) bond motifs is 2. The number of nitrogens with zero attached hydrogens (tertiary/aromatic N) is 4. The van der Waals surface area contributed by atoms with Crippen molar-refractivity contribution >= 4 is 11.4 Å². The highest BCUT2D eigenvalue weighted by Gasteiger charge is 2.34. The molecule has 0 aliphatic carbocycles. The van der Waals surface area contributed by atoms with Crippen molar-refractivity contribution in [2.75, 3.05) is 0 Å². The van der Waals surface area contributed by atoms with Crippen LogP contribution in [0.4, 0.5) is 0 Å². The van der Waals surface area contributed by atoms with Gasteiger partial charge in [-0.15, -0.1) is 0 Å². The molecule has 5 nitrogen and oxygen atoms in total. The van der Waals surface area contributed by atoms with Crippen LogP contribution in [0.15, 0.2) is 41.7 Å². The summed E-state index contributed by atoms with van der Waals surface area (Å²) in [5.74, 6) is 0.915. The maximum atomic E-state index is 6.37. The van der Waals surface area contributed by atoms with Crippen molar-refractivity contribution in [3.05, 3.63) is 59.0 Å². The van der Waals surface area contributed by atoms with Gasteiger partial charge in [0.2, 0.25) is 0 Å². The minimum atomic E-state index is -0.570. The molecule has 4 rings (SSSR count). The Morgan fingerprint density at radius 3 is 2.85 bits per heavy atom. The van der Waals surface area contributed by atoms with Gasteiger partial charge in [-0.25, -0.2) is 14.5 Å². The van der Waals surface area contributed by atoms with E-state index in [0.29, 0.717) is 0 Å². The molecule has 0 saturated heterocycles. The van der Waals surface area contributed by atoms with E-state index in [2.05, 4.69) is 43.0 Å². The average Bonchev–Trinajstić information content (AvgIpc) is 3.03. The van der Waals surface area contributed by atoms with Crippen LogP contribution in [-0.2, 0) is 0 Å². The number of benzene rings is 1. The van der Waals surface area contributed by atoms with Gasteiger partial charge in [-0.05, 0) is 50.5 Å². The van der Waals surface area contributed by atoms with Gasteiger partial charge in [-0.1, -0.05) is 25.5 Å². The zero-order valence-electron chi connectivity index (χ0n) is 15.8. The molecular formula is C21H24N4O. The van der Waals surface area contributed by atoms with E-state index >= 15 is 0 Å². The Balaban J connectivity index is 1.92. The number of hydrogen-bond donors (Lipinski definition) is 0. The predicted octanol–water partition coefficient (Wildman–Crippen LogP) is 4.48. The van der Waals surface area contributed by atoms with Gasteiger partial charge in [0.1, 0.15) is 17.2 Å². The lowest BCUT2D eigenvalue weighted by atomic mass is 9.98. The summed E-state index contributed by atoms with van der Waals surface area (Å²) in [6.07, 6.45) is 6.77. The van der Waals surface area contributed by atoms with Crippen LogP contribution < -0.4 is 4.74 Å². The van der Waals surface area contributed by atoms with E-state index in [4.69, 9.17) is 9.73 Å². The van der Waals surface area contributed by atoms with E-state index in [-0.39, 0.29) is 0 Å². The van der Waals surface area contributed by atoms with Gasteiger partial charge in [-0.3, -0.25) is 0 Å². The number of aromatic nitrogens is 3. The van der Waals surface area contributed by atoms with E-state index < -0.39 is 5.72 Å². The first-order chi connectivity index (χ1) is 12.5. The summed E-state index contributed by atoms with van der Waals surface area (Å²) in [6, 6.07) is 8.22. The van der Waals surface area contributed by atoms with Crippen LogP contribution in [0.25, 0.3) is 5.65 Å². The maximum absolute atomic E-state index is 6.37. The predicted molar refractivity (Wildman–Crippen MR) is 103 cm³/mol. The monoisotopic (exact) mass is 348 g/mol. The highest BCUT2D eigenvalue weighted by atomic mass is 16.5. The van der Waals surface area contributed by atoms with Crippen LogP contribution in [-0.4, -0.2) is 26.0 Å². The summed E-state index contributed by atoms with van der Waals surface area (Å²) in [5, 5.41) is 4.55. The fraction of sp³-hybridized carbons (Fsp3) is 0.381. The second-order valence-electron chi connectivity index (χ2n) is 7.24. The quantitative estimate of drug-likeness (QED) is 0.698. The summed E-state index contributed by atoms with van der Waals surface area (Å²) in [5.41, 5.74) is 5.28. The standard InChI is InChI=1S/C21H24N4O/c1-5-6-10-21(4)24-19(16-9-7-8-15(3)20(16)26-21)17-13-22-18-11-14(2)12-23-25(17)18/h7-9,11-13H,5-6,10H2,1-4H3. The molecule has 0 saturated carbocycles. The summed E-state index contributed by atoms with van der Waals surface area (Å²) >= 11 is 0. The second-order valence-corrected chi connectivity index (χ2v) is 7.24. The molecule has 0 radical (unpaired) electrons. The van der Waals surface area contributed by atoms with E-state index in [1.165, 1.54) is 0 Å². The molecule has 3 aromatic rings. The van der Waals surface area contributed by atoms with E-state index in [9.17, 15) is 0 Å². The molecule has 1 aromatic carbocycles. The Hall–Kier alpha value is -2.69. The van der Waals surface area contributed by atoms with Gasteiger partial charge in [0, 0.05) is 12.0 Å². The van der Waals surface area contributed by atoms with Crippen LogP contribution in [0.5, 0.6) is 5.75 Å². The first kappa shape index (κ1) is 16.8. The molecule has 1 aliphatic rings. The lowest BCUT2D eigenvalue weighted by molar-refractivity contribution is 0.0813. The van der Waals surface area contributed by atoms with Crippen LogP contribution >= 0.6 is 0 Å². The third kappa shape index (κ3) is 2.77. The lowest BCUT2D eigenvalue weighted by Crippen LogP contribution is -2.36. The van der Waals surface area contributed by atoms with Crippen molar-refractivity contribution in [1.82, 2.24) is 14.6 Å². The number of para-hydroxylation sites is 1. The molecule has 2 aromatic heterocycles. The van der Waals surface area contributed by atoms with Crippen molar-refractivity contribution in [3.63, 3.8) is 0 Å². The largest absolute Gasteiger partial charge is 0.466 e. The van der Waals surface area contributed by atoms with E-state index in [1.54, 1.807) is 0 Å². The molecular weight excluding hydrogens is 324 g/mol. The number of hydrogen-bond acceptors (Lipinski definition) is 4. The Morgan fingerprint density at radius 1 is 1.19 bits per heavy atom. The van der Waals surface area contributed by atoms with E-state index in [1.807, 2.05) is 36.0 Å². The highest BCUT2D eigenvalue weighted by Crippen LogP contribution is 2.37. The van der Waals surface area contributed by atoms with Gasteiger partial charge in [0.25, 0.3) is 0 Å². The van der Waals surface area contributed by atoms with E-state index in [0.717, 1.165) is 58.8 Å². The third-order valence-corrected chi connectivity index (χ3v) is 4.87. The minimum absolute atomic E-state index is 0.570. The fourth-order valence-corrected chi connectivity index (χ4v) is 3.45. The van der Waals surface area contributed by atoms with Gasteiger partial charge in [0.15, 0.2) is 11.4 Å². The van der Waals surface area contributed by atoms with Crippen molar-refractivity contribution in [2.45, 2.75) is 52.7 Å². The van der Waals surface area contributed by atoms with Crippen LogP contribution in [0, 0.1) is 13.8 Å². The number of imidazole rings is 1. The minimum Gasteiger partial charge on any atom is -0.466 e. The summed E-state index contributed by atoms with van der Waals surface area (Å²) < 4.78 is 8.24. The number of unbranched alkanes of at least 4 members (excludes halogenated alkanes) is 1. The molecule has 5 heteroatoms. The number of ether oxygens (including phenoxy) is 1. The molecule has 3 heterocycles. The number of aryl methyl sites for hydroxylation is 2. The van der Waals surface area contributed by atoms with Crippen LogP contribution in [0.2, 0.25) is 0 Å². The number of rotatable bonds is 4. The van der Waals surface area contributed by atoms with Crippen LogP contribution in [0.1, 0.15) is 55.5 Å². The Morgan fingerprint density at radius 2 is 2.04 bits per heavy atom.